The SMILES string of the molecule is Cc1nc(-c2ccc3c(c2)CCN3C(=O)CNC(C)(C)C)cs1. The summed E-state index contributed by atoms with van der Waals surface area (Å²) in [6, 6.07) is 6.30. The summed E-state index contributed by atoms with van der Waals surface area (Å²) in [5.74, 6) is 0.135. The molecule has 3 rings (SSSR count). The Labute approximate surface area is 141 Å². The van der Waals surface area contributed by atoms with Gasteiger partial charge in [0.2, 0.25) is 5.91 Å². The summed E-state index contributed by atoms with van der Waals surface area (Å²) in [5.41, 5.74) is 4.38. The van der Waals surface area contributed by atoms with Crippen molar-refractivity contribution in [3.63, 3.8) is 0 Å². The number of carbonyl (C=O) groups excluding carboxylic acids is 1. The van der Waals surface area contributed by atoms with Crippen molar-refractivity contribution in [1.29, 1.82) is 0 Å². The number of aromatic nitrogens is 1. The molecule has 4 nitrogen and oxygen atoms in total. The van der Waals surface area contributed by atoms with Crippen LogP contribution in [0.2, 0.25) is 0 Å². The Hall–Kier alpha value is -1.72. The first kappa shape index (κ1) is 16.1. The van der Waals surface area contributed by atoms with E-state index in [1.165, 1.54) is 5.56 Å². The van der Waals surface area contributed by atoms with E-state index < -0.39 is 0 Å². The minimum atomic E-state index is -0.0510. The van der Waals surface area contributed by atoms with E-state index in [1.54, 1.807) is 11.3 Å². The summed E-state index contributed by atoms with van der Waals surface area (Å²) in [6.45, 7) is 9.36. The van der Waals surface area contributed by atoms with Gasteiger partial charge < -0.3 is 10.2 Å². The molecule has 0 atom stereocenters. The topological polar surface area (TPSA) is 45.2 Å². The zero-order valence-corrected chi connectivity index (χ0v) is 15.0. The van der Waals surface area contributed by atoms with Gasteiger partial charge in [0.05, 0.1) is 17.2 Å². The zero-order chi connectivity index (χ0) is 16.6. The van der Waals surface area contributed by atoms with Crippen LogP contribution in [0.4, 0.5) is 5.69 Å². The number of nitrogens with zero attached hydrogens (tertiary/aromatic N) is 2. The highest BCUT2D eigenvalue weighted by molar-refractivity contribution is 7.09. The van der Waals surface area contributed by atoms with Gasteiger partial charge in [0.25, 0.3) is 0 Å². The van der Waals surface area contributed by atoms with E-state index in [4.69, 9.17) is 0 Å². The molecule has 0 aliphatic carbocycles. The smallest absolute Gasteiger partial charge is 0.240 e. The molecule has 0 saturated heterocycles. The van der Waals surface area contributed by atoms with Crippen LogP contribution >= 0.6 is 11.3 Å². The number of benzene rings is 1. The molecular formula is C18H23N3OS. The van der Waals surface area contributed by atoms with Crippen molar-refractivity contribution < 1.29 is 4.79 Å². The molecule has 1 amide bonds. The van der Waals surface area contributed by atoms with Crippen LogP contribution in [0, 0.1) is 6.92 Å². The standard InChI is InChI=1S/C18H23N3OS/c1-12-20-15(11-23-12)13-5-6-16-14(9-13)7-8-21(16)17(22)10-19-18(2,3)4/h5-6,9,11,19H,7-8,10H2,1-4H3. The summed E-state index contributed by atoms with van der Waals surface area (Å²) in [4.78, 5) is 18.9. The van der Waals surface area contributed by atoms with Gasteiger partial charge in [-0.05, 0) is 51.8 Å². The lowest BCUT2D eigenvalue weighted by Gasteiger charge is -2.23. The maximum atomic E-state index is 12.5. The van der Waals surface area contributed by atoms with Gasteiger partial charge in [0.1, 0.15) is 0 Å². The van der Waals surface area contributed by atoms with Gasteiger partial charge >= 0.3 is 0 Å². The van der Waals surface area contributed by atoms with Crippen molar-refractivity contribution in [2.75, 3.05) is 18.0 Å². The number of hydrogen-bond donors (Lipinski definition) is 1. The highest BCUT2D eigenvalue weighted by Crippen LogP contribution is 2.32. The van der Waals surface area contributed by atoms with Crippen molar-refractivity contribution in [3.05, 3.63) is 34.2 Å². The van der Waals surface area contributed by atoms with Crippen LogP contribution in [0.15, 0.2) is 23.6 Å². The lowest BCUT2D eigenvalue weighted by molar-refractivity contribution is -0.118. The van der Waals surface area contributed by atoms with Gasteiger partial charge in [-0.25, -0.2) is 4.98 Å². The maximum absolute atomic E-state index is 12.5. The zero-order valence-electron chi connectivity index (χ0n) is 14.1. The van der Waals surface area contributed by atoms with E-state index in [1.807, 2.05) is 11.8 Å². The number of anilines is 1. The van der Waals surface area contributed by atoms with E-state index in [0.717, 1.165) is 34.9 Å². The molecule has 2 heterocycles. The molecule has 5 heteroatoms. The predicted octanol–water partition coefficient (Wildman–Crippen LogP) is 3.40. The molecule has 23 heavy (non-hydrogen) atoms. The molecule has 0 fully saturated rings. The largest absolute Gasteiger partial charge is 0.311 e. The van der Waals surface area contributed by atoms with Crippen LogP contribution in [-0.2, 0) is 11.2 Å². The van der Waals surface area contributed by atoms with E-state index in [-0.39, 0.29) is 11.4 Å². The minimum Gasteiger partial charge on any atom is -0.311 e. The van der Waals surface area contributed by atoms with Crippen LogP contribution in [-0.4, -0.2) is 29.5 Å². The highest BCUT2D eigenvalue weighted by atomic mass is 32.1. The molecule has 1 aromatic heterocycles. The quantitative estimate of drug-likeness (QED) is 0.939. The molecule has 122 valence electrons. The summed E-state index contributed by atoms with van der Waals surface area (Å²) in [6.07, 6.45) is 0.910. The Morgan fingerprint density at radius 2 is 2.17 bits per heavy atom. The third kappa shape index (κ3) is 3.62. The number of fused-ring (bicyclic) bond motifs is 1. The molecule has 1 aliphatic heterocycles. The van der Waals surface area contributed by atoms with Crippen molar-refractivity contribution in [1.82, 2.24) is 10.3 Å². The normalized spacial score (nSPS) is 14.2. The Balaban J connectivity index is 1.77. The van der Waals surface area contributed by atoms with Crippen LogP contribution in [0.5, 0.6) is 0 Å². The monoisotopic (exact) mass is 329 g/mol. The number of amides is 1. The molecule has 0 saturated carbocycles. The number of aryl methyl sites for hydroxylation is 1. The average Bonchev–Trinajstić information content (AvgIpc) is 3.09. The van der Waals surface area contributed by atoms with Crippen molar-refractivity contribution in [2.45, 2.75) is 39.7 Å². The van der Waals surface area contributed by atoms with Crippen molar-refractivity contribution in [3.8, 4) is 11.3 Å². The average molecular weight is 329 g/mol. The Bertz CT molecular complexity index is 730. The molecule has 2 aromatic rings. The van der Waals surface area contributed by atoms with Crippen LogP contribution in [0.3, 0.4) is 0 Å². The van der Waals surface area contributed by atoms with Crippen molar-refractivity contribution >= 4 is 22.9 Å². The lowest BCUT2D eigenvalue weighted by atomic mass is 10.1. The summed E-state index contributed by atoms with van der Waals surface area (Å²) in [7, 11) is 0. The first-order valence-corrected chi connectivity index (χ1v) is 8.82. The number of hydrogen-bond acceptors (Lipinski definition) is 4. The van der Waals surface area contributed by atoms with Crippen LogP contribution in [0.25, 0.3) is 11.3 Å². The Kier molecular flexibility index (Phi) is 4.25. The number of carbonyl (C=O) groups is 1. The van der Waals surface area contributed by atoms with Gasteiger partial charge in [-0.15, -0.1) is 11.3 Å². The van der Waals surface area contributed by atoms with Crippen molar-refractivity contribution in [2.24, 2.45) is 0 Å². The third-order valence-electron chi connectivity index (χ3n) is 3.96. The molecule has 1 N–H and O–H groups in total. The molecule has 0 radical (unpaired) electrons. The van der Waals surface area contributed by atoms with Gasteiger partial charge in [0, 0.05) is 28.7 Å². The van der Waals surface area contributed by atoms with Crippen LogP contribution in [0.1, 0.15) is 31.3 Å². The number of rotatable bonds is 3. The third-order valence-corrected chi connectivity index (χ3v) is 4.73. The summed E-state index contributed by atoms with van der Waals surface area (Å²) >= 11 is 1.66. The summed E-state index contributed by atoms with van der Waals surface area (Å²) in [5, 5.41) is 6.43. The maximum Gasteiger partial charge on any atom is 0.240 e. The predicted molar refractivity (Wildman–Crippen MR) is 96.1 cm³/mol. The number of nitrogens with one attached hydrogen (secondary N) is 1. The van der Waals surface area contributed by atoms with E-state index in [2.05, 4.69) is 54.7 Å². The molecule has 0 unspecified atom stereocenters. The molecule has 1 aliphatic rings. The lowest BCUT2D eigenvalue weighted by Crippen LogP contribution is -2.44. The van der Waals surface area contributed by atoms with E-state index in [0.29, 0.717) is 6.54 Å². The minimum absolute atomic E-state index is 0.0510. The van der Waals surface area contributed by atoms with Gasteiger partial charge in [-0.1, -0.05) is 6.07 Å². The highest BCUT2D eigenvalue weighted by Gasteiger charge is 2.25. The fourth-order valence-corrected chi connectivity index (χ4v) is 3.37. The number of thiazole rings is 1. The first-order chi connectivity index (χ1) is 10.8. The van der Waals surface area contributed by atoms with Gasteiger partial charge in [0.15, 0.2) is 0 Å². The second-order valence-electron chi connectivity index (χ2n) is 6.99. The van der Waals surface area contributed by atoms with Gasteiger partial charge in [-0.3, -0.25) is 4.79 Å². The summed E-state index contributed by atoms with van der Waals surface area (Å²) < 4.78 is 0. The fourth-order valence-electron chi connectivity index (χ4n) is 2.75. The van der Waals surface area contributed by atoms with Gasteiger partial charge in [-0.2, -0.15) is 0 Å². The molecule has 0 spiro atoms. The second kappa shape index (κ2) is 6.06. The molecule has 0 bridgehead atoms. The fraction of sp³-hybridized carbons (Fsp3) is 0.444. The van der Waals surface area contributed by atoms with Crippen LogP contribution < -0.4 is 10.2 Å². The second-order valence-corrected chi connectivity index (χ2v) is 8.06. The first-order valence-electron chi connectivity index (χ1n) is 7.94. The molecular weight excluding hydrogens is 306 g/mol. The Morgan fingerprint density at radius 3 is 2.83 bits per heavy atom. The molecule has 1 aromatic carbocycles. The Morgan fingerprint density at radius 1 is 1.39 bits per heavy atom. The van der Waals surface area contributed by atoms with E-state index in [9.17, 15) is 4.79 Å². The van der Waals surface area contributed by atoms with E-state index >= 15 is 0 Å².